The average molecular weight is 438 g/mol. The predicted octanol–water partition coefficient (Wildman–Crippen LogP) is 4.15. The van der Waals surface area contributed by atoms with Crippen LogP contribution >= 0.6 is 0 Å². The smallest absolute Gasteiger partial charge is 0.311 e. The standard InChI is InChI=1S/C27H35NO4/c1-16-9-10-27(30)20-13-18-7-8-19(31-21(29)14-25(2,3)4)23-22(18)26(27,24(16)32-23)11-12-28(20)15-17-5-6-17/h7-8,17,20,24,30H,1,5-6,9-15H2,2-4H3. The van der Waals surface area contributed by atoms with Crippen molar-refractivity contribution in [1.82, 2.24) is 4.90 Å². The summed E-state index contributed by atoms with van der Waals surface area (Å²) in [6, 6.07) is 4.12. The van der Waals surface area contributed by atoms with Crippen molar-refractivity contribution in [2.24, 2.45) is 11.3 Å². The van der Waals surface area contributed by atoms with E-state index in [2.05, 4.69) is 17.5 Å². The van der Waals surface area contributed by atoms with Crippen LogP contribution in [-0.4, -0.2) is 46.8 Å². The Morgan fingerprint density at radius 2 is 2.09 bits per heavy atom. The van der Waals surface area contributed by atoms with Gasteiger partial charge in [0.05, 0.1) is 17.4 Å². The van der Waals surface area contributed by atoms with Crippen LogP contribution in [0, 0.1) is 11.3 Å². The number of piperidine rings is 1. The molecule has 2 bridgehead atoms. The molecule has 6 rings (SSSR count). The Labute approximate surface area is 190 Å². The van der Waals surface area contributed by atoms with E-state index in [0.717, 1.165) is 55.8 Å². The van der Waals surface area contributed by atoms with Gasteiger partial charge in [0.2, 0.25) is 0 Å². The number of carbonyl (C=O) groups is 1. The molecular formula is C27H35NO4. The van der Waals surface area contributed by atoms with E-state index in [1.165, 1.54) is 18.4 Å². The third-order valence-electron chi connectivity index (χ3n) is 8.59. The summed E-state index contributed by atoms with van der Waals surface area (Å²) >= 11 is 0. The molecule has 2 aliphatic heterocycles. The summed E-state index contributed by atoms with van der Waals surface area (Å²) in [5, 5.41) is 12.4. The number of carbonyl (C=O) groups excluding carboxylic acids is 1. The molecule has 32 heavy (non-hydrogen) atoms. The Hall–Kier alpha value is -1.85. The average Bonchev–Trinajstić information content (AvgIpc) is 3.43. The van der Waals surface area contributed by atoms with Crippen molar-refractivity contribution in [3.8, 4) is 11.5 Å². The van der Waals surface area contributed by atoms with Gasteiger partial charge in [-0.15, -0.1) is 0 Å². The monoisotopic (exact) mass is 437 g/mol. The van der Waals surface area contributed by atoms with E-state index >= 15 is 0 Å². The van der Waals surface area contributed by atoms with Gasteiger partial charge in [-0.3, -0.25) is 9.69 Å². The summed E-state index contributed by atoms with van der Waals surface area (Å²) in [6.07, 6.45) is 5.92. The van der Waals surface area contributed by atoms with Gasteiger partial charge in [0.1, 0.15) is 6.10 Å². The molecule has 5 aliphatic rings. The normalized spacial score (nSPS) is 35.3. The second-order valence-corrected chi connectivity index (χ2v) is 12.1. The van der Waals surface area contributed by atoms with E-state index in [-0.39, 0.29) is 23.5 Å². The molecule has 1 aromatic rings. The molecule has 1 N–H and O–H groups in total. The SMILES string of the molecule is C=C1CCC2(O)C3Cc4ccc(OC(=O)CC(C)(C)C)c5c4C2(CCN3CC2CC2)C1O5. The fourth-order valence-electron chi connectivity index (χ4n) is 7.05. The lowest BCUT2D eigenvalue weighted by Gasteiger charge is -2.63. The maximum atomic E-state index is 12.6. The number of aliphatic hydroxyl groups is 1. The second-order valence-electron chi connectivity index (χ2n) is 12.1. The van der Waals surface area contributed by atoms with Crippen LogP contribution in [0.5, 0.6) is 11.5 Å². The number of esters is 1. The molecule has 4 unspecified atom stereocenters. The van der Waals surface area contributed by atoms with Crippen LogP contribution < -0.4 is 9.47 Å². The lowest BCUT2D eigenvalue weighted by Crippen LogP contribution is -2.75. The van der Waals surface area contributed by atoms with Crippen LogP contribution in [-0.2, 0) is 16.6 Å². The van der Waals surface area contributed by atoms with Gasteiger partial charge in [-0.25, -0.2) is 0 Å². The van der Waals surface area contributed by atoms with Crippen molar-refractivity contribution in [1.29, 1.82) is 0 Å². The lowest BCUT2D eigenvalue weighted by molar-refractivity contribution is -0.174. The van der Waals surface area contributed by atoms with Crippen LogP contribution in [0.1, 0.15) is 70.4 Å². The fourth-order valence-corrected chi connectivity index (χ4v) is 7.05. The van der Waals surface area contributed by atoms with Crippen molar-refractivity contribution in [3.63, 3.8) is 0 Å². The minimum atomic E-state index is -0.835. The van der Waals surface area contributed by atoms with Gasteiger partial charge in [0.15, 0.2) is 11.5 Å². The number of hydrogen-bond acceptors (Lipinski definition) is 5. The van der Waals surface area contributed by atoms with Crippen molar-refractivity contribution in [2.45, 2.75) is 88.9 Å². The highest BCUT2D eigenvalue weighted by molar-refractivity contribution is 5.75. The molecule has 0 aromatic heterocycles. The van der Waals surface area contributed by atoms with Gasteiger partial charge < -0.3 is 14.6 Å². The minimum absolute atomic E-state index is 0.115. The van der Waals surface area contributed by atoms with Gasteiger partial charge in [0.25, 0.3) is 0 Å². The first kappa shape index (κ1) is 20.7. The van der Waals surface area contributed by atoms with E-state index in [1.54, 1.807) is 0 Å². The van der Waals surface area contributed by atoms with E-state index in [0.29, 0.717) is 17.9 Å². The van der Waals surface area contributed by atoms with E-state index in [9.17, 15) is 9.90 Å². The van der Waals surface area contributed by atoms with Crippen LogP contribution in [0.3, 0.4) is 0 Å². The second kappa shape index (κ2) is 6.60. The number of nitrogens with zero attached hydrogens (tertiary/aromatic N) is 1. The molecule has 2 heterocycles. The molecule has 1 saturated heterocycles. The van der Waals surface area contributed by atoms with E-state index < -0.39 is 11.0 Å². The first-order chi connectivity index (χ1) is 15.1. The third kappa shape index (κ3) is 2.80. The molecule has 0 amide bonds. The van der Waals surface area contributed by atoms with Gasteiger partial charge in [-0.05, 0) is 73.6 Å². The molecule has 1 spiro atoms. The summed E-state index contributed by atoms with van der Waals surface area (Å²) < 4.78 is 12.4. The Morgan fingerprint density at radius 3 is 2.81 bits per heavy atom. The van der Waals surface area contributed by atoms with Gasteiger partial charge >= 0.3 is 5.97 Å². The van der Waals surface area contributed by atoms with Crippen molar-refractivity contribution < 1.29 is 19.4 Å². The highest BCUT2D eigenvalue weighted by Gasteiger charge is 2.72. The highest BCUT2D eigenvalue weighted by atomic mass is 16.6. The zero-order valence-electron chi connectivity index (χ0n) is 19.6. The third-order valence-corrected chi connectivity index (χ3v) is 8.59. The number of ether oxygens (including phenoxy) is 2. The molecule has 0 radical (unpaired) electrons. The Morgan fingerprint density at radius 1 is 1.31 bits per heavy atom. The molecule has 172 valence electrons. The topological polar surface area (TPSA) is 59.0 Å². The number of hydrogen-bond donors (Lipinski definition) is 1. The van der Waals surface area contributed by atoms with Crippen molar-refractivity contribution in [2.75, 3.05) is 13.1 Å². The number of rotatable bonds is 4. The summed E-state index contributed by atoms with van der Waals surface area (Å²) in [5.74, 6) is 1.72. The molecule has 2 saturated carbocycles. The predicted molar refractivity (Wildman–Crippen MR) is 122 cm³/mol. The Balaban J connectivity index is 1.44. The molecule has 5 nitrogen and oxygen atoms in total. The summed E-state index contributed by atoms with van der Waals surface area (Å²) in [4.78, 5) is 15.2. The van der Waals surface area contributed by atoms with Crippen LogP contribution in [0.2, 0.25) is 0 Å². The molecule has 5 heteroatoms. The van der Waals surface area contributed by atoms with Gasteiger partial charge in [0, 0.05) is 18.2 Å². The number of likely N-dealkylation sites (tertiary alicyclic amines) is 1. The highest BCUT2D eigenvalue weighted by Crippen LogP contribution is 2.66. The summed E-state index contributed by atoms with van der Waals surface area (Å²) in [7, 11) is 0. The van der Waals surface area contributed by atoms with Gasteiger partial charge in [-0.2, -0.15) is 0 Å². The maximum absolute atomic E-state index is 12.6. The molecule has 4 atom stereocenters. The van der Waals surface area contributed by atoms with Crippen LogP contribution in [0.15, 0.2) is 24.3 Å². The molecule has 1 aromatic carbocycles. The fraction of sp³-hybridized carbons (Fsp3) is 0.667. The summed E-state index contributed by atoms with van der Waals surface area (Å²) in [6.45, 7) is 12.5. The van der Waals surface area contributed by atoms with Crippen molar-refractivity contribution in [3.05, 3.63) is 35.4 Å². The minimum Gasteiger partial charge on any atom is -0.481 e. The quantitative estimate of drug-likeness (QED) is 0.436. The zero-order valence-corrected chi connectivity index (χ0v) is 19.6. The van der Waals surface area contributed by atoms with Gasteiger partial charge in [-0.1, -0.05) is 33.4 Å². The van der Waals surface area contributed by atoms with Crippen LogP contribution in [0.4, 0.5) is 0 Å². The molecular weight excluding hydrogens is 402 g/mol. The zero-order chi connectivity index (χ0) is 22.5. The molecule has 3 fully saturated rings. The Bertz CT molecular complexity index is 1010. The number of benzene rings is 1. The van der Waals surface area contributed by atoms with Crippen molar-refractivity contribution >= 4 is 5.97 Å². The maximum Gasteiger partial charge on any atom is 0.311 e. The van der Waals surface area contributed by atoms with E-state index in [4.69, 9.17) is 9.47 Å². The van der Waals surface area contributed by atoms with E-state index in [1.807, 2.05) is 26.8 Å². The summed E-state index contributed by atoms with van der Waals surface area (Å²) in [5.41, 5.74) is 1.92. The van der Waals surface area contributed by atoms with Crippen LogP contribution in [0.25, 0.3) is 0 Å². The lowest BCUT2D eigenvalue weighted by atomic mass is 9.48. The first-order valence-corrected chi connectivity index (χ1v) is 12.3. The first-order valence-electron chi connectivity index (χ1n) is 12.3. The largest absolute Gasteiger partial charge is 0.481 e. The molecule has 3 aliphatic carbocycles. The Kier molecular flexibility index (Phi) is 4.28.